The van der Waals surface area contributed by atoms with E-state index in [0.29, 0.717) is 0 Å². The Hall–Kier alpha value is -0.300. The number of thiophene rings is 1. The molecule has 0 saturated heterocycles. The van der Waals surface area contributed by atoms with Gasteiger partial charge in [0, 0.05) is 5.38 Å². The molecule has 0 saturated carbocycles. The van der Waals surface area contributed by atoms with Gasteiger partial charge in [0.05, 0.1) is 0 Å². The lowest BCUT2D eigenvalue weighted by Crippen LogP contribution is -1.85. The molecular weight excluding hydrogens is 248 g/mol. The van der Waals surface area contributed by atoms with Crippen LogP contribution in [0.3, 0.4) is 0 Å². The van der Waals surface area contributed by atoms with Crippen LogP contribution in [0, 0.1) is 5.38 Å². The summed E-state index contributed by atoms with van der Waals surface area (Å²) in [5.74, 6) is 0. The van der Waals surface area contributed by atoms with Crippen LogP contribution in [0.25, 0.3) is 0 Å². The summed E-state index contributed by atoms with van der Waals surface area (Å²) in [6.45, 7) is 2.29. The summed E-state index contributed by atoms with van der Waals surface area (Å²) in [5.41, 5.74) is 1.41. The third-order valence-electron chi connectivity index (χ3n) is 3.83. The molecule has 0 aliphatic rings. The number of unbranched alkanes of at least 4 members (excludes halogenated alkanes) is 11. The van der Waals surface area contributed by atoms with Crippen molar-refractivity contribution < 1.29 is 0 Å². The largest absolute Gasteiger partial charge is 0.143 e. The average Bonchev–Trinajstić information content (AvgIpc) is 2.93. The van der Waals surface area contributed by atoms with Crippen molar-refractivity contribution >= 4 is 11.3 Å². The lowest BCUT2D eigenvalue weighted by atomic mass is 10.0. The maximum Gasteiger partial charge on any atom is 0.0477 e. The normalized spacial score (nSPS) is 11.0. The van der Waals surface area contributed by atoms with Crippen molar-refractivity contribution in [3.05, 3.63) is 22.4 Å². The molecular formula is C18H31S. The Morgan fingerprint density at radius 2 is 1.32 bits per heavy atom. The van der Waals surface area contributed by atoms with E-state index in [1.807, 2.05) is 0 Å². The average molecular weight is 280 g/mol. The highest BCUT2D eigenvalue weighted by Gasteiger charge is 1.95. The Balaban J connectivity index is 1.72. The van der Waals surface area contributed by atoms with Gasteiger partial charge in [-0.15, -0.1) is 11.3 Å². The first-order valence-electron chi connectivity index (χ1n) is 8.37. The zero-order valence-corrected chi connectivity index (χ0v) is 13.6. The zero-order valence-electron chi connectivity index (χ0n) is 12.8. The van der Waals surface area contributed by atoms with Crippen LogP contribution < -0.4 is 0 Å². The molecule has 0 aliphatic carbocycles. The van der Waals surface area contributed by atoms with E-state index < -0.39 is 0 Å². The summed E-state index contributed by atoms with van der Waals surface area (Å²) >= 11 is 1.70. The molecule has 1 radical (unpaired) electrons. The van der Waals surface area contributed by atoms with E-state index in [4.69, 9.17) is 0 Å². The van der Waals surface area contributed by atoms with Gasteiger partial charge in [-0.25, -0.2) is 0 Å². The summed E-state index contributed by atoms with van der Waals surface area (Å²) in [5, 5.41) is 5.45. The molecule has 1 aromatic heterocycles. The highest BCUT2D eigenvalue weighted by Crippen LogP contribution is 2.13. The fourth-order valence-electron chi connectivity index (χ4n) is 2.55. The van der Waals surface area contributed by atoms with Gasteiger partial charge in [0.2, 0.25) is 0 Å². The second kappa shape index (κ2) is 12.7. The standard InChI is InChI=1S/C18H31S/c1-2-3-4-5-6-7-8-9-10-11-12-13-14-18-15-16-19-17-18/h15-16H,2-14H2,1H3. The van der Waals surface area contributed by atoms with Gasteiger partial charge in [-0.2, -0.15) is 0 Å². The van der Waals surface area contributed by atoms with Crippen LogP contribution >= 0.6 is 11.3 Å². The fourth-order valence-corrected chi connectivity index (χ4v) is 3.17. The van der Waals surface area contributed by atoms with Crippen LogP contribution in [0.1, 0.15) is 89.5 Å². The first kappa shape index (κ1) is 16.8. The van der Waals surface area contributed by atoms with Gasteiger partial charge >= 0.3 is 0 Å². The van der Waals surface area contributed by atoms with Crippen molar-refractivity contribution in [3.63, 3.8) is 0 Å². The van der Waals surface area contributed by atoms with Crippen LogP contribution in [0.5, 0.6) is 0 Å². The highest BCUT2D eigenvalue weighted by atomic mass is 32.1. The van der Waals surface area contributed by atoms with E-state index >= 15 is 0 Å². The third-order valence-corrected chi connectivity index (χ3v) is 4.48. The van der Waals surface area contributed by atoms with Crippen LogP contribution in [-0.2, 0) is 6.42 Å². The molecule has 19 heavy (non-hydrogen) atoms. The number of hydrogen-bond acceptors (Lipinski definition) is 1. The molecule has 1 heteroatoms. The molecule has 0 fully saturated rings. The van der Waals surface area contributed by atoms with Crippen molar-refractivity contribution in [1.29, 1.82) is 0 Å². The molecule has 109 valence electrons. The molecule has 0 aliphatic heterocycles. The van der Waals surface area contributed by atoms with Crippen LogP contribution in [-0.4, -0.2) is 0 Å². The van der Waals surface area contributed by atoms with Crippen molar-refractivity contribution in [2.45, 2.75) is 90.4 Å². The molecule has 0 N–H and O–H groups in total. The fraction of sp³-hybridized carbons (Fsp3) is 0.778. The van der Waals surface area contributed by atoms with E-state index in [9.17, 15) is 0 Å². The second-order valence-electron chi connectivity index (χ2n) is 5.69. The van der Waals surface area contributed by atoms with Gasteiger partial charge in [0.15, 0.2) is 0 Å². The summed E-state index contributed by atoms with van der Waals surface area (Å²) in [7, 11) is 0. The lowest BCUT2D eigenvalue weighted by Gasteiger charge is -2.02. The minimum Gasteiger partial charge on any atom is -0.143 e. The van der Waals surface area contributed by atoms with Crippen LogP contribution in [0.15, 0.2) is 11.4 Å². The Morgan fingerprint density at radius 1 is 0.789 bits per heavy atom. The maximum absolute atomic E-state index is 3.32. The molecule has 0 spiro atoms. The second-order valence-corrected chi connectivity index (χ2v) is 6.40. The molecule has 1 heterocycles. The number of aryl methyl sites for hydroxylation is 1. The minimum atomic E-state index is 1.24. The van der Waals surface area contributed by atoms with Crippen molar-refractivity contribution in [3.8, 4) is 0 Å². The van der Waals surface area contributed by atoms with Crippen molar-refractivity contribution in [1.82, 2.24) is 0 Å². The summed E-state index contributed by atoms with van der Waals surface area (Å²) in [4.78, 5) is 0. The smallest absolute Gasteiger partial charge is 0.0477 e. The predicted molar refractivity (Wildman–Crippen MR) is 87.9 cm³/mol. The SMILES string of the molecule is CCCCCCCCCCCCCCc1[c]scc1. The summed E-state index contributed by atoms with van der Waals surface area (Å²) < 4.78 is 0. The monoisotopic (exact) mass is 279 g/mol. The van der Waals surface area contributed by atoms with Gasteiger partial charge in [-0.05, 0) is 29.9 Å². The Labute approximate surface area is 124 Å². The van der Waals surface area contributed by atoms with Crippen LogP contribution in [0.4, 0.5) is 0 Å². The first-order valence-corrected chi connectivity index (χ1v) is 9.25. The Kier molecular flexibility index (Phi) is 11.2. The van der Waals surface area contributed by atoms with Gasteiger partial charge in [0.1, 0.15) is 0 Å². The quantitative estimate of drug-likeness (QED) is 0.349. The zero-order chi connectivity index (χ0) is 13.6. The van der Waals surface area contributed by atoms with E-state index in [1.165, 1.54) is 89.0 Å². The van der Waals surface area contributed by atoms with E-state index in [2.05, 4.69) is 23.8 Å². The third kappa shape index (κ3) is 10.2. The lowest BCUT2D eigenvalue weighted by molar-refractivity contribution is 0.544. The summed E-state index contributed by atoms with van der Waals surface area (Å²) in [6.07, 6.45) is 18.4. The predicted octanol–water partition coefficient (Wildman–Crippen LogP) is 6.79. The molecule has 0 aromatic carbocycles. The Bertz CT molecular complexity index is 263. The van der Waals surface area contributed by atoms with Crippen molar-refractivity contribution in [2.24, 2.45) is 0 Å². The van der Waals surface area contributed by atoms with Gasteiger partial charge in [0.25, 0.3) is 0 Å². The molecule has 1 aromatic rings. The Morgan fingerprint density at radius 3 is 1.79 bits per heavy atom. The van der Waals surface area contributed by atoms with Crippen LogP contribution in [0.2, 0.25) is 0 Å². The van der Waals surface area contributed by atoms with E-state index in [1.54, 1.807) is 11.3 Å². The maximum atomic E-state index is 3.32. The number of hydrogen-bond donors (Lipinski definition) is 0. The molecule has 1 rings (SSSR count). The summed E-state index contributed by atoms with van der Waals surface area (Å²) in [6, 6.07) is 2.21. The van der Waals surface area contributed by atoms with Gasteiger partial charge in [-0.3, -0.25) is 0 Å². The van der Waals surface area contributed by atoms with Gasteiger partial charge in [-0.1, -0.05) is 77.6 Å². The number of rotatable bonds is 13. The van der Waals surface area contributed by atoms with Crippen molar-refractivity contribution in [2.75, 3.05) is 0 Å². The van der Waals surface area contributed by atoms with E-state index in [0.717, 1.165) is 0 Å². The van der Waals surface area contributed by atoms with E-state index in [-0.39, 0.29) is 0 Å². The first-order chi connectivity index (χ1) is 9.43. The highest BCUT2D eigenvalue weighted by molar-refractivity contribution is 7.07. The van der Waals surface area contributed by atoms with Gasteiger partial charge < -0.3 is 0 Å². The topological polar surface area (TPSA) is 0 Å². The minimum absolute atomic E-state index is 1.24. The molecule has 0 atom stereocenters. The molecule has 0 amide bonds. The molecule has 0 nitrogen and oxygen atoms in total. The molecule has 0 bridgehead atoms. The molecule has 0 unspecified atom stereocenters.